The highest BCUT2D eigenvalue weighted by atomic mass is 19.1. The third-order valence-corrected chi connectivity index (χ3v) is 4.59. The van der Waals surface area contributed by atoms with E-state index in [2.05, 4.69) is 6.92 Å². The van der Waals surface area contributed by atoms with Crippen LogP contribution in [0.1, 0.15) is 31.7 Å². The molecule has 0 N–H and O–H groups in total. The van der Waals surface area contributed by atoms with Crippen molar-refractivity contribution >= 4 is 17.4 Å². The molecule has 6 heteroatoms. The van der Waals surface area contributed by atoms with Crippen LogP contribution in [0.25, 0.3) is 5.57 Å². The van der Waals surface area contributed by atoms with E-state index in [4.69, 9.17) is 4.74 Å². The lowest BCUT2D eigenvalue weighted by Gasteiger charge is -2.29. The van der Waals surface area contributed by atoms with Crippen molar-refractivity contribution in [1.82, 2.24) is 9.80 Å². The SMILES string of the molecule is CCCCCN1C(=O)C(c2ccc(F)cc2)=C(N2CCOCC2)C1=O. The van der Waals surface area contributed by atoms with Gasteiger partial charge in [0.15, 0.2) is 0 Å². The molecule has 0 radical (unpaired) electrons. The summed E-state index contributed by atoms with van der Waals surface area (Å²) in [5, 5.41) is 0. The summed E-state index contributed by atoms with van der Waals surface area (Å²) in [6.45, 7) is 4.69. The third kappa shape index (κ3) is 3.58. The van der Waals surface area contributed by atoms with Crippen molar-refractivity contribution in [3.63, 3.8) is 0 Å². The van der Waals surface area contributed by atoms with Crippen molar-refractivity contribution in [3.8, 4) is 0 Å². The summed E-state index contributed by atoms with van der Waals surface area (Å²) >= 11 is 0. The molecular formula is C19H23FN2O3. The highest BCUT2D eigenvalue weighted by Gasteiger charge is 2.41. The minimum absolute atomic E-state index is 0.248. The van der Waals surface area contributed by atoms with Gasteiger partial charge in [-0.25, -0.2) is 4.39 Å². The Balaban J connectivity index is 1.96. The molecule has 0 aromatic heterocycles. The number of carbonyl (C=O) groups is 2. The van der Waals surface area contributed by atoms with Crippen LogP contribution < -0.4 is 0 Å². The quantitative estimate of drug-likeness (QED) is 0.586. The number of nitrogens with zero attached hydrogens (tertiary/aromatic N) is 2. The largest absolute Gasteiger partial charge is 0.378 e. The second kappa shape index (κ2) is 7.78. The molecule has 0 unspecified atom stereocenters. The molecule has 2 heterocycles. The zero-order valence-electron chi connectivity index (χ0n) is 14.5. The summed E-state index contributed by atoms with van der Waals surface area (Å²) in [5.74, 6) is -0.898. The maximum absolute atomic E-state index is 13.3. The summed E-state index contributed by atoms with van der Waals surface area (Å²) < 4.78 is 18.6. The predicted octanol–water partition coefficient (Wildman–Crippen LogP) is 2.43. The van der Waals surface area contributed by atoms with Crippen LogP contribution in [0.2, 0.25) is 0 Å². The van der Waals surface area contributed by atoms with E-state index in [-0.39, 0.29) is 17.6 Å². The second-order valence-electron chi connectivity index (χ2n) is 6.30. The van der Waals surface area contributed by atoms with E-state index in [1.54, 1.807) is 12.1 Å². The molecule has 0 spiro atoms. The molecule has 0 aliphatic carbocycles. The van der Waals surface area contributed by atoms with Gasteiger partial charge in [0.25, 0.3) is 11.8 Å². The lowest BCUT2D eigenvalue weighted by molar-refractivity contribution is -0.137. The van der Waals surface area contributed by atoms with Crippen molar-refractivity contribution in [2.45, 2.75) is 26.2 Å². The van der Waals surface area contributed by atoms with Crippen molar-refractivity contribution in [2.75, 3.05) is 32.8 Å². The van der Waals surface area contributed by atoms with Crippen molar-refractivity contribution in [2.24, 2.45) is 0 Å². The van der Waals surface area contributed by atoms with E-state index in [1.165, 1.54) is 17.0 Å². The normalized spacial score (nSPS) is 18.5. The van der Waals surface area contributed by atoms with E-state index >= 15 is 0 Å². The number of rotatable bonds is 6. The molecule has 0 atom stereocenters. The summed E-state index contributed by atoms with van der Waals surface area (Å²) in [5.41, 5.74) is 1.39. The van der Waals surface area contributed by atoms with Crippen LogP contribution in [0.4, 0.5) is 4.39 Å². The van der Waals surface area contributed by atoms with Gasteiger partial charge in [-0.1, -0.05) is 31.9 Å². The summed E-state index contributed by atoms with van der Waals surface area (Å²) in [6.07, 6.45) is 2.78. The molecule has 1 aromatic carbocycles. The Labute approximate surface area is 147 Å². The Kier molecular flexibility index (Phi) is 5.48. The third-order valence-electron chi connectivity index (χ3n) is 4.59. The zero-order chi connectivity index (χ0) is 17.8. The topological polar surface area (TPSA) is 49.9 Å². The number of hydrogen-bond donors (Lipinski definition) is 0. The summed E-state index contributed by atoms with van der Waals surface area (Å²) in [6, 6.07) is 5.76. The van der Waals surface area contributed by atoms with Gasteiger partial charge in [-0.15, -0.1) is 0 Å². The van der Waals surface area contributed by atoms with Crippen LogP contribution in [-0.4, -0.2) is 54.5 Å². The molecular weight excluding hydrogens is 323 g/mol. The lowest BCUT2D eigenvalue weighted by Crippen LogP contribution is -2.40. The maximum Gasteiger partial charge on any atom is 0.277 e. The standard InChI is InChI=1S/C19H23FN2O3/c1-2-3-4-9-22-18(23)16(14-5-7-15(20)8-6-14)17(19(22)24)21-10-12-25-13-11-21/h5-8H,2-4,9-13H2,1H3. The highest BCUT2D eigenvalue weighted by Crippen LogP contribution is 2.32. The van der Waals surface area contributed by atoms with Crippen molar-refractivity contribution < 1.29 is 18.7 Å². The Hall–Kier alpha value is -2.21. The van der Waals surface area contributed by atoms with Gasteiger partial charge in [0, 0.05) is 19.6 Å². The fourth-order valence-electron chi connectivity index (χ4n) is 3.24. The molecule has 1 fully saturated rings. The molecule has 134 valence electrons. The number of unbranched alkanes of at least 4 members (excludes halogenated alkanes) is 2. The number of carbonyl (C=O) groups excluding carboxylic acids is 2. The van der Waals surface area contributed by atoms with Gasteiger partial charge in [-0.05, 0) is 24.1 Å². The lowest BCUT2D eigenvalue weighted by atomic mass is 10.0. The number of amides is 2. The minimum atomic E-state index is -0.367. The smallest absolute Gasteiger partial charge is 0.277 e. The van der Waals surface area contributed by atoms with E-state index < -0.39 is 0 Å². The van der Waals surface area contributed by atoms with Gasteiger partial charge >= 0.3 is 0 Å². The van der Waals surface area contributed by atoms with Gasteiger partial charge < -0.3 is 9.64 Å². The van der Waals surface area contributed by atoms with Gasteiger partial charge in [0.05, 0.1) is 18.8 Å². The Morgan fingerprint density at radius 1 is 1.04 bits per heavy atom. The van der Waals surface area contributed by atoms with Crippen LogP contribution in [-0.2, 0) is 14.3 Å². The molecule has 2 amide bonds. The first-order valence-electron chi connectivity index (χ1n) is 8.82. The first-order chi connectivity index (χ1) is 12.1. The maximum atomic E-state index is 13.3. The van der Waals surface area contributed by atoms with Gasteiger partial charge in [-0.2, -0.15) is 0 Å². The fourth-order valence-corrected chi connectivity index (χ4v) is 3.24. The first-order valence-corrected chi connectivity index (χ1v) is 8.82. The number of benzene rings is 1. The molecule has 0 bridgehead atoms. The fraction of sp³-hybridized carbons (Fsp3) is 0.474. The summed E-state index contributed by atoms with van der Waals surface area (Å²) in [4.78, 5) is 29.1. The van der Waals surface area contributed by atoms with E-state index in [0.29, 0.717) is 49.7 Å². The van der Waals surface area contributed by atoms with Gasteiger partial charge in [-0.3, -0.25) is 14.5 Å². The molecule has 2 aliphatic rings. The predicted molar refractivity (Wildman–Crippen MR) is 92.0 cm³/mol. The average molecular weight is 346 g/mol. The van der Waals surface area contributed by atoms with Crippen LogP contribution in [0.3, 0.4) is 0 Å². The molecule has 1 aromatic rings. The Bertz CT molecular complexity index is 678. The number of hydrogen-bond acceptors (Lipinski definition) is 4. The average Bonchev–Trinajstić information content (AvgIpc) is 2.88. The van der Waals surface area contributed by atoms with E-state index in [0.717, 1.165) is 19.3 Å². The Morgan fingerprint density at radius 2 is 1.72 bits per heavy atom. The van der Waals surface area contributed by atoms with Crippen LogP contribution in [0, 0.1) is 5.82 Å². The molecule has 25 heavy (non-hydrogen) atoms. The monoisotopic (exact) mass is 346 g/mol. The summed E-state index contributed by atoms with van der Waals surface area (Å²) in [7, 11) is 0. The number of ether oxygens (including phenoxy) is 1. The molecule has 0 saturated carbocycles. The zero-order valence-corrected chi connectivity index (χ0v) is 14.5. The molecule has 3 rings (SSSR count). The highest BCUT2D eigenvalue weighted by molar-refractivity contribution is 6.35. The van der Waals surface area contributed by atoms with Crippen LogP contribution in [0.15, 0.2) is 30.0 Å². The Morgan fingerprint density at radius 3 is 2.36 bits per heavy atom. The van der Waals surface area contributed by atoms with Crippen LogP contribution in [0.5, 0.6) is 0 Å². The minimum Gasteiger partial charge on any atom is -0.378 e. The van der Waals surface area contributed by atoms with E-state index in [1.807, 2.05) is 4.90 Å². The molecule has 5 nitrogen and oxygen atoms in total. The molecule has 1 saturated heterocycles. The molecule has 2 aliphatic heterocycles. The number of halogens is 1. The second-order valence-corrected chi connectivity index (χ2v) is 6.30. The van der Waals surface area contributed by atoms with Gasteiger partial charge in [0.2, 0.25) is 0 Å². The van der Waals surface area contributed by atoms with Crippen LogP contribution >= 0.6 is 0 Å². The van der Waals surface area contributed by atoms with E-state index in [9.17, 15) is 14.0 Å². The number of imide groups is 1. The number of morpholine rings is 1. The first kappa shape index (κ1) is 17.6. The van der Waals surface area contributed by atoms with Crippen molar-refractivity contribution in [3.05, 3.63) is 41.3 Å². The van der Waals surface area contributed by atoms with Gasteiger partial charge in [0.1, 0.15) is 11.5 Å². The van der Waals surface area contributed by atoms with Crippen molar-refractivity contribution in [1.29, 1.82) is 0 Å².